The molecule has 0 bridgehead atoms. The van der Waals surface area contributed by atoms with Crippen molar-refractivity contribution in [2.75, 3.05) is 12.4 Å². The number of carbonyl (C=O) groups is 2. The van der Waals surface area contributed by atoms with Crippen molar-refractivity contribution in [1.29, 1.82) is 0 Å². The molecule has 0 radical (unpaired) electrons. The lowest BCUT2D eigenvalue weighted by Crippen LogP contribution is -2.23. The molecule has 1 aromatic heterocycles. The van der Waals surface area contributed by atoms with E-state index in [-0.39, 0.29) is 17.0 Å². The second-order valence-electron chi connectivity index (χ2n) is 8.95. The molecule has 0 spiro atoms. The van der Waals surface area contributed by atoms with E-state index in [9.17, 15) is 19.5 Å². The van der Waals surface area contributed by atoms with Gasteiger partial charge in [0, 0.05) is 24.2 Å². The van der Waals surface area contributed by atoms with Crippen LogP contribution in [0.3, 0.4) is 0 Å². The predicted molar refractivity (Wildman–Crippen MR) is 131 cm³/mol. The minimum atomic E-state index is -1.03. The Morgan fingerprint density at radius 3 is 2.56 bits per heavy atom. The summed E-state index contributed by atoms with van der Waals surface area (Å²) in [5.41, 5.74) is 2.16. The van der Waals surface area contributed by atoms with Crippen LogP contribution >= 0.6 is 0 Å². The molecule has 0 saturated heterocycles. The van der Waals surface area contributed by atoms with E-state index < -0.39 is 5.97 Å². The molecule has 1 aliphatic carbocycles. The molecule has 1 amide bonds. The first kappa shape index (κ1) is 23.6. The number of amides is 1. The SMILES string of the molecule is CCCn1c(=O)c2ccc(NC(=O)CC3CCCC3)cc2n1Cc1ccc(C(=O)O)cc1OC. The maximum absolute atomic E-state index is 13.1. The topological polar surface area (TPSA) is 103 Å². The van der Waals surface area contributed by atoms with Gasteiger partial charge in [-0.15, -0.1) is 0 Å². The monoisotopic (exact) mass is 465 g/mol. The van der Waals surface area contributed by atoms with Crippen LogP contribution in [0.25, 0.3) is 10.9 Å². The summed E-state index contributed by atoms with van der Waals surface area (Å²) in [6.07, 6.45) is 5.89. The first-order valence-corrected chi connectivity index (χ1v) is 11.8. The van der Waals surface area contributed by atoms with Crippen molar-refractivity contribution in [3.63, 3.8) is 0 Å². The van der Waals surface area contributed by atoms with Gasteiger partial charge in [0.2, 0.25) is 5.91 Å². The van der Waals surface area contributed by atoms with Gasteiger partial charge in [0.15, 0.2) is 0 Å². The summed E-state index contributed by atoms with van der Waals surface area (Å²) < 4.78 is 9.02. The Morgan fingerprint density at radius 2 is 1.88 bits per heavy atom. The van der Waals surface area contributed by atoms with Gasteiger partial charge in [-0.1, -0.05) is 25.8 Å². The fourth-order valence-corrected chi connectivity index (χ4v) is 4.85. The molecule has 1 aliphatic rings. The Labute approximate surface area is 198 Å². The molecule has 180 valence electrons. The first-order chi connectivity index (χ1) is 16.4. The number of hydrogen-bond acceptors (Lipinski definition) is 4. The number of ether oxygens (including phenoxy) is 1. The molecule has 2 aromatic carbocycles. The third-order valence-corrected chi connectivity index (χ3v) is 6.55. The van der Waals surface area contributed by atoms with Crippen molar-refractivity contribution < 1.29 is 19.4 Å². The second-order valence-corrected chi connectivity index (χ2v) is 8.95. The average Bonchev–Trinajstić information content (AvgIpc) is 3.41. The predicted octanol–water partition coefficient (Wildman–Crippen LogP) is 4.49. The van der Waals surface area contributed by atoms with Crippen molar-refractivity contribution in [1.82, 2.24) is 9.36 Å². The zero-order valence-electron chi connectivity index (χ0n) is 19.7. The molecule has 0 atom stereocenters. The van der Waals surface area contributed by atoms with Crippen molar-refractivity contribution >= 4 is 28.5 Å². The largest absolute Gasteiger partial charge is 0.496 e. The van der Waals surface area contributed by atoms with Crippen LogP contribution in [0.4, 0.5) is 5.69 Å². The number of carboxylic acids is 1. The smallest absolute Gasteiger partial charge is 0.335 e. The number of aromatic carboxylic acids is 1. The lowest BCUT2D eigenvalue weighted by Gasteiger charge is -2.15. The van der Waals surface area contributed by atoms with E-state index in [4.69, 9.17) is 4.74 Å². The Bertz CT molecular complexity index is 1270. The Hall–Kier alpha value is -3.55. The Morgan fingerprint density at radius 1 is 1.12 bits per heavy atom. The number of benzene rings is 2. The number of fused-ring (bicyclic) bond motifs is 1. The number of methoxy groups -OCH3 is 1. The number of anilines is 1. The number of aromatic nitrogens is 2. The molecule has 4 rings (SSSR count). The van der Waals surface area contributed by atoms with E-state index in [0.717, 1.165) is 24.8 Å². The fraction of sp³-hybridized carbons (Fsp3) is 0.423. The van der Waals surface area contributed by atoms with Crippen LogP contribution in [0, 0.1) is 5.92 Å². The summed E-state index contributed by atoms with van der Waals surface area (Å²) in [5.74, 6) is -0.136. The van der Waals surface area contributed by atoms with E-state index in [1.165, 1.54) is 32.1 Å². The summed E-state index contributed by atoms with van der Waals surface area (Å²) in [6, 6.07) is 10.1. The van der Waals surface area contributed by atoms with Crippen LogP contribution in [0.15, 0.2) is 41.2 Å². The van der Waals surface area contributed by atoms with E-state index in [2.05, 4.69) is 5.32 Å². The molecule has 0 aliphatic heterocycles. The van der Waals surface area contributed by atoms with Crippen LogP contribution in [-0.2, 0) is 17.9 Å². The average molecular weight is 466 g/mol. The van der Waals surface area contributed by atoms with Gasteiger partial charge < -0.3 is 15.2 Å². The third kappa shape index (κ3) is 4.85. The summed E-state index contributed by atoms with van der Waals surface area (Å²) in [7, 11) is 1.50. The number of nitrogens with one attached hydrogen (secondary N) is 1. The van der Waals surface area contributed by atoms with E-state index in [0.29, 0.717) is 47.8 Å². The molecule has 8 heteroatoms. The van der Waals surface area contributed by atoms with Crippen LogP contribution in [-0.4, -0.2) is 33.5 Å². The minimum absolute atomic E-state index is 0.000864. The normalized spacial score (nSPS) is 13.9. The molecule has 1 heterocycles. The van der Waals surface area contributed by atoms with Gasteiger partial charge in [-0.05, 0) is 55.5 Å². The van der Waals surface area contributed by atoms with Crippen LogP contribution in [0.1, 0.15) is 61.4 Å². The minimum Gasteiger partial charge on any atom is -0.496 e. The Balaban J connectivity index is 1.70. The van der Waals surface area contributed by atoms with Gasteiger partial charge >= 0.3 is 5.97 Å². The van der Waals surface area contributed by atoms with Gasteiger partial charge in [-0.25, -0.2) is 9.48 Å². The zero-order chi connectivity index (χ0) is 24.2. The first-order valence-electron chi connectivity index (χ1n) is 11.8. The van der Waals surface area contributed by atoms with Crippen molar-refractivity contribution in [2.24, 2.45) is 5.92 Å². The standard InChI is InChI=1S/C26H31N3O5/c1-3-12-28-25(31)21-11-10-20(27-24(30)13-17-6-4-5-7-17)15-22(21)29(28)16-19-9-8-18(26(32)33)14-23(19)34-2/h8-11,14-15,17H,3-7,12-13,16H2,1-2H3,(H,27,30)(H,32,33). The third-order valence-electron chi connectivity index (χ3n) is 6.55. The maximum atomic E-state index is 13.1. The number of carbonyl (C=O) groups excluding carboxylic acids is 1. The van der Waals surface area contributed by atoms with Crippen LogP contribution in [0.2, 0.25) is 0 Å². The lowest BCUT2D eigenvalue weighted by molar-refractivity contribution is -0.117. The van der Waals surface area contributed by atoms with Crippen molar-refractivity contribution in [3.05, 3.63) is 57.9 Å². The molecule has 2 N–H and O–H groups in total. The van der Waals surface area contributed by atoms with Crippen LogP contribution in [0.5, 0.6) is 5.75 Å². The number of carboxylic acid groups (broad SMARTS) is 1. The highest BCUT2D eigenvalue weighted by Crippen LogP contribution is 2.28. The van der Waals surface area contributed by atoms with Gasteiger partial charge in [0.05, 0.1) is 30.1 Å². The van der Waals surface area contributed by atoms with Gasteiger partial charge in [0.1, 0.15) is 5.75 Å². The highest BCUT2D eigenvalue weighted by atomic mass is 16.5. The molecule has 1 saturated carbocycles. The number of nitrogens with zero attached hydrogens (tertiary/aromatic N) is 2. The highest BCUT2D eigenvalue weighted by molar-refractivity contribution is 5.93. The summed E-state index contributed by atoms with van der Waals surface area (Å²) in [5, 5.41) is 12.9. The molecular formula is C26H31N3O5. The van der Waals surface area contributed by atoms with Gasteiger partial charge in [-0.3, -0.25) is 14.3 Å². The molecule has 1 fully saturated rings. The number of rotatable bonds is 9. The van der Waals surface area contributed by atoms with Gasteiger partial charge in [0.25, 0.3) is 5.56 Å². The second kappa shape index (κ2) is 10.2. The lowest BCUT2D eigenvalue weighted by atomic mass is 10.0. The van der Waals surface area contributed by atoms with Crippen LogP contribution < -0.4 is 15.6 Å². The fourth-order valence-electron chi connectivity index (χ4n) is 4.85. The molecule has 0 unspecified atom stereocenters. The van der Waals surface area contributed by atoms with E-state index in [1.807, 2.05) is 17.7 Å². The zero-order valence-corrected chi connectivity index (χ0v) is 19.7. The van der Waals surface area contributed by atoms with E-state index >= 15 is 0 Å². The van der Waals surface area contributed by atoms with Crippen molar-refractivity contribution in [3.8, 4) is 5.75 Å². The van der Waals surface area contributed by atoms with E-state index in [1.54, 1.807) is 22.9 Å². The summed E-state index contributed by atoms with van der Waals surface area (Å²) >= 11 is 0. The number of hydrogen-bond donors (Lipinski definition) is 2. The molecule has 8 nitrogen and oxygen atoms in total. The maximum Gasteiger partial charge on any atom is 0.335 e. The summed E-state index contributed by atoms with van der Waals surface area (Å²) in [4.78, 5) is 37.1. The summed E-state index contributed by atoms with van der Waals surface area (Å²) in [6.45, 7) is 2.86. The highest BCUT2D eigenvalue weighted by Gasteiger charge is 2.20. The quantitative estimate of drug-likeness (QED) is 0.485. The molecule has 3 aromatic rings. The van der Waals surface area contributed by atoms with Crippen molar-refractivity contribution in [2.45, 2.75) is 58.5 Å². The molecule has 34 heavy (non-hydrogen) atoms. The Kier molecular flexibility index (Phi) is 7.05. The molecular weight excluding hydrogens is 434 g/mol. The van der Waals surface area contributed by atoms with Gasteiger partial charge in [-0.2, -0.15) is 0 Å².